The quantitative estimate of drug-likeness (QED) is 0.539. The van der Waals surface area contributed by atoms with Gasteiger partial charge < -0.3 is 9.47 Å². The minimum Gasteiger partial charge on any atom is -0.372 e. The summed E-state index contributed by atoms with van der Waals surface area (Å²) < 4.78 is 26.9. The third-order valence-electron chi connectivity index (χ3n) is 5.48. The van der Waals surface area contributed by atoms with Crippen LogP contribution < -0.4 is 0 Å². The van der Waals surface area contributed by atoms with E-state index >= 15 is 0 Å². The van der Waals surface area contributed by atoms with E-state index in [1.807, 2.05) is 61.5 Å². The van der Waals surface area contributed by atoms with Gasteiger partial charge in [0.2, 0.25) is 0 Å². The van der Waals surface area contributed by atoms with Crippen molar-refractivity contribution in [2.45, 2.75) is 24.8 Å². The van der Waals surface area contributed by atoms with Crippen molar-refractivity contribution < 1.29 is 13.9 Å². The molecule has 1 fully saturated rings. The Kier molecular flexibility index (Phi) is 5.56. The second-order valence-corrected chi connectivity index (χ2v) is 7.38. The van der Waals surface area contributed by atoms with Gasteiger partial charge in [-0.15, -0.1) is 0 Å². The summed E-state index contributed by atoms with van der Waals surface area (Å²) in [6.45, 7) is 2.50. The fraction of sp³-hybridized carbons (Fsp3) is 0.280. The van der Waals surface area contributed by atoms with Gasteiger partial charge in [-0.1, -0.05) is 97.9 Å². The highest BCUT2D eigenvalue weighted by molar-refractivity contribution is 5.47. The standard InChI is InChI=1S/C25H25FO2/c1-19-17-27-23(24(19)26)18-28-25(20-11-5-2-6-12-20,21-13-7-3-8-14-21)22-15-9-4-10-16-22/h2-16,19,23-24H,17-18H2,1H3/t19-,23-,24-/m1/s1. The number of halogens is 1. The summed E-state index contributed by atoms with van der Waals surface area (Å²) in [7, 11) is 0. The molecule has 0 aliphatic carbocycles. The van der Waals surface area contributed by atoms with Crippen molar-refractivity contribution in [2.75, 3.05) is 13.2 Å². The second-order valence-electron chi connectivity index (χ2n) is 7.38. The fourth-order valence-corrected chi connectivity index (χ4v) is 3.94. The molecule has 4 rings (SSSR count). The van der Waals surface area contributed by atoms with E-state index in [4.69, 9.17) is 9.47 Å². The highest BCUT2D eigenvalue weighted by Crippen LogP contribution is 2.41. The van der Waals surface area contributed by atoms with E-state index in [1.54, 1.807) is 0 Å². The SMILES string of the molecule is C[C@@H]1CO[C@H](COC(c2ccccc2)(c2ccccc2)c2ccccc2)[C@@H]1F. The Morgan fingerprint density at radius 2 is 1.25 bits per heavy atom. The molecule has 1 aliphatic heterocycles. The van der Waals surface area contributed by atoms with Gasteiger partial charge in [-0.25, -0.2) is 4.39 Å². The van der Waals surface area contributed by atoms with Crippen molar-refractivity contribution >= 4 is 0 Å². The van der Waals surface area contributed by atoms with E-state index < -0.39 is 17.9 Å². The summed E-state index contributed by atoms with van der Waals surface area (Å²) in [5.74, 6) is -0.104. The summed E-state index contributed by atoms with van der Waals surface area (Å²) >= 11 is 0. The van der Waals surface area contributed by atoms with E-state index in [0.717, 1.165) is 16.7 Å². The van der Waals surface area contributed by atoms with E-state index in [9.17, 15) is 4.39 Å². The van der Waals surface area contributed by atoms with Gasteiger partial charge in [0, 0.05) is 5.92 Å². The van der Waals surface area contributed by atoms with Crippen molar-refractivity contribution in [3.8, 4) is 0 Å². The van der Waals surface area contributed by atoms with Crippen LogP contribution in [0.5, 0.6) is 0 Å². The molecule has 3 atom stereocenters. The summed E-state index contributed by atoms with van der Waals surface area (Å²) in [4.78, 5) is 0. The van der Waals surface area contributed by atoms with Gasteiger partial charge in [-0.05, 0) is 16.7 Å². The zero-order valence-electron chi connectivity index (χ0n) is 16.0. The topological polar surface area (TPSA) is 18.5 Å². The van der Waals surface area contributed by atoms with E-state index in [1.165, 1.54) is 0 Å². The zero-order chi connectivity index (χ0) is 19.4. The number of ether oxygens (including phenoxy) is 2. The third-order valence-corrected chi connectivity index (χ3v) is 5.48. The first-order valence-corrected chi connectivity index (χ1v) is 9.78. The maximum absolute atomic E-state index is 14.6. The van der Waals surface area contributed by atoms with Crippen molar-refractivity contribution in [1.82, 2.24) is 0 Å². The first-order chi connectivity index (χ1) is 13.7. The van der Waals surface area contributed by atoms with Gasteiger partial charge in [-0.2, -0.15) is 0 Å². The van der Waals surface area contributed by atoms with Crippen LogP contribution in [-0.4, -0.2) is 25.5 Å². The largest absolute Gasteiger partial charge is 0.372 e. The molecule has 0 saturated carbocycles. The van der Waals surface area contributed by atoms with Crippen LogP contribution in [0.15, 0.2) is 91.0 Å². The summed E-state index contributed by atoms with van der Waals surface area (Å²) in [6.07, 6.45) is -1.56. The van der Waals surface area contributed by atoms with Crippen LogP contribution in [0.4, 0.5) is 4.39 Å². The van der Waals surface area contributed by atoms with Crippen LogP contribution in [0.3, 0.4) is 0 Å². The minimum absolute atomic E-state index is 0.104. The highest BCUT2D eigenvalue weighted by atomic mass is 19.1. The van der Waals surface area contributed by atoms with Gasteiger partial charge >= 0.3 is 0 Å². The van der Waals surface area contributed by atoms with Gasteiger partial charge in [0.15, 0.2) is 0 Å². The molecule has 3 heteroatoms. The Morgan fingerprint density at radius 1 is 0.821 bits per heavy atom. The molecule has 0 bridgehead atoms. The lowest BCUT2D eigenvalue weighted by Crippen LogP contribution is -2.37. The lowest BCUT2D eigenvalue weighted by Gasteiger charge is -2.36. The molecule has 28 heavy (non-hydrogen) atoms. The Balaban J connectivity index is 1.81. The fourth-order valence-electron chi connectivity index (χ4n) is 3.94. The van der Waals surface area contributed by atoms with Gasteiger partial charge in [0.25, 0.3) is 0 Å². The van der Waals surface area contributed by atoms with Crippen LogP contribution in [0.1, 0.15) is 23.6 Å². The average molecular weight is 376 g/mol. The Bertz CT molecular complexity index is 770. The molecule has 0 unspecified atom stereocenters. The second kappa shape index (κ2) is 8.26. The lowest BCUT2D eigenvalue weighted by atomic mass is 9.80. The molecule has 1 aliphatic rings. The number of hydrogen-bond donors (Lipinski definition) is 0. The molecule has 1 heterocycles. The molecule has 0 radical (unpaired) electrons. The molecule has 0 N–H and O–H groups in total. The van der Waals surface area contributed by atoms with Crippen LogP contribution >= 0.6 is 0 Å². The van der Waals surface area contributed by atoms with E-state index in [2.05, 4.69) is 36.4 Å². The Labute approximate surface area is 165 Å². The van der Waals surface area contributed by atoms with Crippen LogP contribution in [0, 0.1) is 5.92 Å². The molecule has 0 aromatic heterocycles. The first-order valence-electron chi connectivity index (χ1n) is 9.78. The highest BCUT2D eigenvalue weighted by Gasteiger charge is 2.41. The van der Waals surface area contributed by atoms with Crippen LogP contribution in [0.2, 0.25) is 0 Å². The maximum Gasteiger partial charge on any atom is 0.143 e. The number of rotatable bonds is 6. The average Bonchev–Trinajstić information content (AvgIpc) is 3.09. The van der Waals surface area contributed by atoms with Crippen LogP contribution in [-0.2, 0) is 15.1 Å². The van der Waals surface area contributed by atoms with E-state index in [0.29, 0.717) is 6.61 Å². The van der Waals surface area contributed by atoms with Crippen molar-refractivity contribution in [2.24, 2.45) is 5.92 Å². The molecule has 1 saturated heterocycles. The van der Waals surface area contributed by atoms with Crippen molar-refractivity contribution in [3.05, 3.63) is 108 Å². The molecular weight excluding hydrogens is 351 g/mol. The number of benzene rings is 3. The molecule has 0 spiro atoms. The summed E-state index contributed by atoms with van der Waals surface area (Å²) in [5, 5.41) is 0. The van der Waals surface area contributed by atoms with E-state index in [-0.39, 0.29) is 12.5 Å². The third kappa shape index (κ3) is 3.48. The first kappa shape index (κ1) is 18.9. The zero-order valence-corrected chi connectivity index (χ0v) is 16.0. The van der Waals surface area contributed by atoms with Gasteiger partial charge in [0.1, 0.15) is 17.9 Å². The summed E-state index contributed by atoms with van der Waals surface area (Å²) in [5.41, 5.74) is 2.19. The molecule has 3 aromatic carbocycles. The predicted molar refractivity (Wildman–Crippen MR) is 109 cm³/mol. The van der Waals surface area contributed by atoms with Crippen LogP contribution in [0.25, 0.3) is 0 Å². The number of alkyl halides is 1. The molecule has 2 nitrogen and oxygen atoms in total. The molecule has 144 valence electrons. The molecule has 3 aromatic rings. The maximum atomic E-state index is 14.6. The molecule has 0 amide bonds. The predicted octanol–water partition coefficient (Wildman–Crippen LogP) is 5.37. The summed E-state index contributed by atoms with van der Waals surface area (Å²) in [6, 6.07) is 30.4. The van der Waals surface area contributed by atoms with Gasteiger partial charge in [-0.3, -0.25) is 0 Å². The lowest BCUT2D eigenvalue weighted by molar-refractivity contribution is -0.0589. The number of hydrogen-bond acceptors (Lipinski definition) is 2. The Morgan fingerprint density at radius 3 is 1.61 bits per heavy atom. The van der Waals surface area contributed by atoms with Crippen molar-refractivity contribution in [3.63, 3.8) is 0 Å². The Hall–Kier alpha value is -2.49. The minimum atomic E-state index is -1.01. The van der Waals surface area contributed by atoms with Crippen molar-refractivity contribution in [1.29, 1.82) is 0 Å². The molecular formula is C25H25FO2. The van der Waals surface area contributed by atoms with Gasteiger partial charge in [0.05, 0.1) is 13.2 Å². The monoisotopic (exact) mass is 376 g/mol. The smallest absolute Gasteiger partial charge is 0.143 e. The normalized spacial score (nSPS) is 22.3.